The van der Waals surface area contributed by atoms with Crippen LogP contribution >= 0.6 is 0 Å². The van der Waals surface area contributed by atoms with E-state index in [0.29, 0.717) is 0 Å². The topological polar surface area (TPSA) is 30.2 Å². The molecule has 15 heavy (non-hydrogen) atoms. The minimum absolute atomic E-state index is 0.176. The number of hydrogen-bond acceptors (Lipinski definition) is 2. The van der Waals surface area contributed by atoms with Crippen LogP contribution in [0, 0.1) is 0 Å². The molecule has 0 saturated carbocycles. The lowest BCUT2D eigenvalue weighted by molar-refractivity contribution is 0.456. The first-order valence-electron chi connectivity index (χ1n) is 5.42. The van der Waals surface area contributed by atoms with Gasteiger partial charge in [-0.1, -0.05) is 27.2 Å². The lowest BCUT2D eigenvalue weighted by Gasteiger charge is -2.23. The van der Waals surface area contributed by atoms with Crippen molar-refractivity contribution < 1.29 is 0 Å². The number of aromatic nitrogens is 3. The molecule has 0 aliphatic carbocycles. The molecule has 2 heterocycles. The summed E-state index contributed by atoms with van der Waals surface area (Å²) in [5.74, 6) is 0. The van der Waals surface area contributed by atoms with Crippen LogP contribution in [-0.4, -0.2) is 14.4 Å². The van der Waals surface area contributed by atoms with Gasteiger partial charge in [-0.25, -0.2) is 4.98 Å². The molecule has 0 radical (unpaired) electrons. The van der Waals surface area contributed by atoms with E-state index >= 15 is 0 Å². The smallest absolute Gasteiger partial charge is 0.155 e. The van der Waals surface area contributed by atoms with Gasteiger partial charge in [0.1, 0.15) is 0 Å². The summed E-state index contributed by atoms with van der Waals surface area (Å²) in [4.78, 5) is 8.44. The van der Waals surface area contributed by atoms with Gasteiger partial charge in [0.2, 0.25) is 0 Å². The highest BCUT2D eigenvalue weighted by atomic mass is 15.0. The molecule has 0 saturated heterocycles. The summed E-state index contributed by atoms with van der Waals surface area (Å²) in [6.45, 7) is 6.74. The highest BCUT2D eigenvalue weighted by Crippen LogP contribution is 2.28. The second-order valence-corrected chi connectivity index (χ2v) is 4.58. The van der Waals surface area contributed by atoms with Crippen LogP contribution in [-0.2, 0) is 5.41 Å². The number of fused-ring (bicyclic) bond motifs is 1. The van der Waals surface area contributed by atoms with Gasteiger partial charge in [0.15, 0.2) is 5.65 Å². The molecule has 0 aliphatic rings. The minimum atomic E-state index is 0.176. The summed E-state index contributed by atoms with van der Waals surface area (Å²) in [6, 6.07) is 0. The number of hydrogen-bond donors (Lipinski definition) is 0. The average molecular weight is 203 g/mol. The summed E-state index contributed by atoms with van der Waals surface area (Å²) in [5.41, 5.74) is 2.37. The first-order chi connectivity index (χ1) is 7.15. The molecule has 2 aromatic rings. The minimum Gasteiger partial charge on any atom is -0.301 e. The van der Waals surface area contributed by atoms with Gasteiger partial charge in [0.25, 0.3) is 0 Å². The van der Waals surface area contributed by atoms with Crippen molar-refractivity contribution in [3.8, 4) is 0 Å². The fourth-order valence-electron chi connectivity index (χ4n) is 2.10. The van der Waals surface area contributed by atoms with Crippen molar-refractivity contribution in [3.63, 3.8) is 0 Å². The first kappa shape index (κ1) is 10.1. The van der Waals surface area contributed by atoms with E-state index in [4.69, 9.17) is 0 Å². The SMILES string of the molecule is CCCC(C)(C)c1cnc2cnccn12. The van der Waals surface area contributed by atoms with Crippen molar-refractivity contribution in [1.29, 1.82) is 0 Å². The standard InChI is InChI=1S/C12H17N3/c1-4-5-12(2,3)10-8-14-11-9-13-6-7-15(10)11/h6-9H,4-5H2,1-3H3. The van der Waals surface area contributed by atoms with E-state index < -0.39 is 0 Å². The monoisotopic (exact) mass is 203 g/mol. The maximum atomic E-state index is 4.37. The Labute approximate surface area is 90.2 Å². The number of rotatable bonds is 3. The fraction of sp³-hybridized carbons (Fsp3) is 0.500. The highest BCUT2D eigenvalue weighted by molar-refractivity contribution is 5.38. The van der Waals surface area contributed by atoms with Crippen LogP contribution in [0.15, 0.2) is 24.8 Å². The second-order valence-electron chi connectivity index (χ2n) is 4.58. The molecule has 3 nitrogen and oxygen atoms in total. The molecule has 3 heteroatoms. The fourth-order valence-corrected chi connectivity index (χ4v) is 2.10. The van der Waals surface area contributed by atoms with Gasteiger partial charge in [-0.15, -0.1) is 0 Å². The van der Waals surface area contributed by atoms with Gasteiger partial charge in [-0.3, -0.25) is 4.98 Å². The third-order valence-corrected chi connectivity index (χ3v) is 2.89. The summed E-state index contributed by atoms with van der Waals surface area (Å²) in [6.07, 6.45) is 9.90. The first-order valence-corrected chi connectivity index (χ1v) is 5.42. The Bertz CT molecular complexity index is 457. The van der Waals surface area contributed by atoms with Crippen molar-refractivity contribution in [2.75, 3.05) is 0 Å². The van der Waals surface area contributed by atoms with Gasteiger partial charge in [-0.2, -0.15) is 0 Å². The predicted octanol–water partition coefficient (Wildman–Crippen LogP) is 2.81. The van der Waals surface area contributed by atoms with Crippen LogP contribution in [0.2, 0.25) is 0 Å². The number of imidazole rings is 1. The van der Waals surface area contributed by atoms with E-state index in [1.165, 1.54) is 18.5 Å². The van der Waals surface area contributed by atoms with Crippen LogP contribution in [0.1, 0.15) is 39.3 Å². The van der Waals surface area contributed by atoms with Crippen molar-refractivity contribution in [1.82, 2.24) is 14.4 Å². The quantitative estimate of drug-likeness (QED) is 0.767. The normalized spacial score (nSPS) is 12.2. The van der Waals surface area contributed by atoms with Crippen molar-refractivity contribution in [3.05, 3.63) is 30.5 Å². The molecule has 0 spiro atoms. The predicted molar refractivity (Wildman–Crippen MR) is 60.9 cm³/mol. The summed E-state index contributed by atoms with van der Waals surface area (Å²) < 4.78 is 2.13. The van der Waals surface area contributed by atoms with E-state index in [1.54, 1.807) is 12.4 Å². The van der Waals surface area contributed by atoms with Crippen molar-refractivity contribution >= 4 is 5.65 Å². The second kappa shape index (κ2) is 3.65. The summed E-state index contributed by atoms with van der Waals surface area (Å²) in [7, 11) is 0. The molecule has 0 bridgehead atoms. The maximum Gasteiger partial charge on any atom is 0.155 e. The zero-order chi connectivity index (χ0) is 10.9. The Morgan fingerprint density at radius 3 is 2.87 bits per heavy atom. The van der Waals surface area contributed by atoms with E-state index in [2.05, 4.69) is 35.1 Å². The van der Waals surface area contributed by atoms with Crippen LogP contribution in [0.4, 0.5) is 0 Å². The molecular formula is C12H17N3. The van der Waals surface area contributed by atoms with Crippen molar-refractivity contribution in [2.24, 2.45) is 0 Å². The third-order valence-electron chi connectivity index (χ3n) is 2.89. The average Bonchev–Trinajstić information content (AvgIpc) is 2.61. The van der Waals surface area contributed by atoms with E-state index in [9.17, 15) is 0 Å². The Morgan fingerprint density at radius 2 is 2.13 bits per heavy atom. The van der Waals surface area contributed by atoms with E-state index in [1.807, 2.05) is 12.4 Å². The van der Waals surface area contributed by atoms with Crippen LogP contribution in [0.5, 0.6) is 0 Å². The molecule has 2 aromatic heterocycles. The largest absolute Gasteiger partial charge is 0.301 e. The molecule has 0 fully saturated rings. The van der Waals surface area contributed by atoms with Crippen LogP contribution in [0.3, 0.4) is 0 Å². The van der Waals surface area contributed by atoms with E-state index in [-0.39, 0.29) is 5.41 Å². The van der Waals surface area contributed by atoms with Crippen LogP contribution < -0.4 is 0 Å². The van der Waals surface area contributed by atoms with Gasteiger partial charge in [-0.05, 0) is 6.42 Å². The molecule has 0 N–H and O–H groups in total. The lowest BCUT2D eigenvalue weighted by atomic mass is 9.85. The Hall–Kier alpha value is -1.38. The highest BCUT2D eigenvalue weighted by Gasteiger charge is 2.23. The van der Waals surface area contributed by atoms with Gasteiger partial charge in [0.05, 0.1) is 6.20 Å². The Morgan fingerprint density at radius 1 is 1.33 bits per heavy atom. The molecule has 0 unspecified atom stereocenters. The van der Waals surface area contributed by atoms with Gasteiger partial charge >= 0.3 is 0 Å². The van der Waals surface area contributed by atoms with Gasteiger partial charge in [0, 0.05) is 29.7 Å². The zero-order valence-corrected chi connectivity index (χ0v) is 9.57. The van der Waals surface area contributed by atoms with Crippen molar-refractivity contribution in [2.45, 2.75) is 39.0 Å². The van der Waals surface area contributed by atoms with E-state index in [0.717, 1.165) is 5.65 Å². The summed E-state index contributed by atoms with van der Waals surface area (Å²) >= 11 is 0. The molecular weight excluding hydrogens is 186 g/mol. The van der Waals surface area contributed by atoms with Crippen LogP contribution in [0.25, 0.3) is 5.65 Å². The molecule has 80 valence electrons. The Kier molecular flexibility index (Phi) is 2.47. The Balaban J connectivity index is 2.52. The molecule has 0 atom stereocenters. The molecule has 2 rings (SSSR count). The molecule has 0 aliphatic heterocycles. The third kappa shape index (κ3) is 1.74. The zero-order valence-electron chi connectivity index (χ0n) is 9.57. The molecule has 0 aromatic carbocycles. The number of nitrogens with zero attached hydrogens (tertiary/aromatic N) is 3. The maximum absolute atomic E-state index is 4.37. The lowest BCUT2D eigenvalue weighted by Crippen LogP contribution is -2.18. The summed E-state index contributed by atoms with van der Waals surface area (Å²) in [5, 5.41) is 0. The van der Waals surface area contributed by atoms with Gasteiger partial charge < -0.3 is 4.40 Å². The molecule has 0 amide bonds.